The molecule has 0 spiro atoms. The van der Waals surface area contributed by atoms with Gasteiger partial charge in [0, 0.05) is 36.6 Å². The Labute approximate surface area is 131 Å². The van der Waals surface area contributed by atoms with Gasteiger partial charge in [-0.05, 0) is 43.4 Å². The zero-order valence-corrected chi connectivity index (χ0v) is 13.1. The van der Waals surface area contributed by atoms with Crippen LogP contribution in [-0.2, 0) is 11.3 Å². The number of nitrogens with zero attached hydrogens (tertiary/aromatic N) is 1. The number of hydrogen-bond acceptors (Lipinski definition) is 2. The second-order valence-corrected chi connectivity index (χ2v) is 6.75. The number of hydrogen-bond donors (Lipinski definition) is 1. The molecule has 1 N–H and O–H groups in total. The summed E-state index contributed by atoms with van der Waals surface area (Å²) in [5.74, 6) is 0.592. The van der Waals surface area contributed by atoms with Crippen LogP contribution in [0.15, 0.2) is 24.3 Å². The molecule has 21 heavy (non-hydrogen) atoms. The van der Waals surface area contributed by atoms with Crippen molar-refractivity contribution in [2.24, 2.45) is 5.92 Å². The molecule has 3 nitrogen and oxygen atoms in total. The molecule has 1 aliphatic heterocycles. The fraction of sp³-hybridized carbons (Fsp3) is 0.588. The van der Waals surface area contributed by atoms with E-state index in [0.29, 0.717) is 12.0 Å². The Morgan fingerprint density at radius 2 is 1.81 bits per heavy atom. The quantitative estimate of drug-likeness (QED) is 0.926. The summed E-state index contributed by atoms with van der Waals surface area (Å²) in [7, 11) is 0. The first-order chi connectivity index (χ1) is 10.2. The smallest absolute Gasteiger partial charge is 0.223 e. The van der Waals surface area contributed by atoms with Gasteiger partial charge in [0.1, 0.15) is 0 Å². The van der Waals surface area contributed by atoms with Gasteiger partial charge in [0.15, 0.2) is 0 Å². The van der Waals surface area contributed by atoms with E-state index in [1.54, 1.807) is 0 Å². The Hall–Kier alpha value is -1.06. The van der Waals surface area contributed by atoms with Gasteiger partial charge in [0.05, 0.1) is 0 Å². The van der Waals surface area contributed by atoms with Crippen LogP contribution in [0.25, 0.3) is 0 Å². The van der Waals surface area contributed by atoms with Gasteiger partial charge in [-0.25, -0.2) is 0 Å². The van der Waals surface area contributed by atoms with Crippen molar-refractivity contribution < 1.29 is 4.79 Å². The molecule has 1 saturated carbocycles. The normalized spacial score (nSPS) is 21.0. The van der Waals surface area contributed by atoms with Crippen LogP contribution in [0.4, 0.5) is 0 Å². The molecular formula is C17H23ClN2O. The molecule has 0 radical (unpaired) electrons. The number of nitrogens with one attached hydrogen (secondary N) is 1. The van der Waals surface area contributed by atoms with E-state index in [4.69, 9.17) is 11.6 Å². The number of rotatable bonds is 4. The number of piperidine rings is 1. The van der Waals surface area contributed by atoms with Crippen LogP contribution in [0.3, 0.4) is 0 Å². The zero-order valence-electron chi connectivity index (χ0n) is 12.4. The van der Waals surface area contributed by atoms with Gasteiger partial charge < -0.3 is 5.32 Å². The minimum Gasteiger partial charge on any atom is -0.353 e. The Balaban J connectivity index is 1.42. The van der Waals surface area contributed by atoms with Gasteiger partial charge in [-0.2, -0.15) is 0 Å². The van der Waals surface area contributed by atoms with Crippen molar-refractivity contribution in [3.05, 3.63) is 34.9 Å². The van der Waals surface area contributed by atoms with Gasteiger partial charge in [-0.1, -0.05) is 30.2 Å². The predicted octanol–water partition coefficient (Wildman–Crippen LogP) is 3.22. The highest BCUT2D eigenvalue weighted by Gasteiger charge is 2.28. The SMILES string of the molecule is O=C(NC1CCN(Cc2ccc(Cl)cc2)CC1)C1CCC1. The average Bonchev–Trinajstić information content (AvgIpc) is 2.41. The molecule has 1 aliphatic carbocycles. The highest BCUT2D eigenvalue weighted by molar-refractivity contribution is 6.30. The van der Waals surface area contributed by atoms with E-state index in [2.05, 4.69) is 22.3 Å². The molecule has 0 unspecified atom stereocenters. The van der Waals surface area contributed by atoms with Crippen molar-refractivity contribution in [3.63, 3.8) is 0 Å². The topological polar surface area (TPSA) is 32.3 Å². The first kappa shape index (κ1) is 14.9. The molecule has 0 atom stereocenters. The van der Waals surface area contributed by atoms with Gasteiger partial charge in [0.2, 0.25) is 5.91 Å². The van der Waals surface area contributed by atoms with E-state index in [1.165, 1.54) is 12.0 Å². The zero-order chi connectivity index (χ0) is 14.7. The molecule has 1 amide bonds. The van der Waals surface area contributed by atoms with Crippen LogP contribution in [-0.4, -0.2) is 29.9 Å². The van der Waals surface area contributed by atoms with Crippen LogP contribution < -0.4 is 5.32 Å². The lowest BCUT2D eigenvalue weighted by molar-refractivity contribution is -0.128. The first-order valence-electron chi connectivity index (χ1n) is 7.98. The summed E-state index contributed by atoms with van der Waals surface area (Å²) < 4.78 is 0. The minimum atomic E-state index is 0.289. The molecule has 1 aromatic rings. The Morgan fingerprint density at radius 3 is 2.38 bits per heavy atom. The van der Waals surface area contributed by atoms with E-state index in [9.17, 15) is 4.79 Å². The maximum Gasteiger partial charge on any atom is 0.223 e. The number of halogens is 1. The van der Waals surface area contributed by atoms with Crippen molar-refractivity contribution >= 4 is 17.5 Å². The summed E-state index contributed by atoms with van der Waals surface area (Å²) in [5, 5.41) is 4.02. The van der Waals surface area contributed by atoms with Gasteiger partial charge in [0.25, 0.3) is 0 Å². The van der Waals surface area contributed by atoms with Gasteiger partial charge in [-0.3, -0.25) is 9.69 Å². The Kier molecular flexibility index (Phi) is 4.81. The lowest BCUT2D eigenvalue weighted by Gasteiger charge is -2.34. The number of likely N-dealkylation sites (tertiary alicyclic amines) is 1. The molecule has 4 heteroatoms. The highest BCUT2D eigenvalue weighted by atomic mass is 35.5. The van der Waals surface area contributed by atoms with E-state index in [1.807, 2.05) is 12.1 Å². The van der Waals surface area contributed by atoms with Crippen molar-refractivity contribution in [2.45, 2.75) is 44.7 Å². The number of carbonyl (C=O) groups excluding carboxylic acids is 1. The van der Waals surface area contributed by atoms with E-state index in [0.717, 1.165) is 50.3 Å². The third-order valence-corrected chi connectivity index (χ3v) is 4.98. The summed E-state index contributed by atoms with van der Waals surface area (Å²) in [4.78, 5) is 14.4. The van der Waals surface area contributed by atoms with Crippen molar-refractivity contribution in [1.29, 1.82) is 0 Å². The van der Waals surface area contributed by atoms with Crippen LogP contribution in [0.2, 0.25) is 5.02 Å². The largest absolute Gasteiger partial charge is 0.353 e. The lowest BCUT2D eigenvalue weighted by Crippen LogP contribution is -2.47. The fourth-order valence-electron chi connectivity index (χ4n) is 3.07. The third-order valence-electron chi connectivity index (χ3n) is 4.73. The second kappa shape index (κ2) is 6.80. The maximum absolute atomic E-state index is 12.0. The number of carbonyl (C=O) groups is 1. The summed E-state index contributed by atoms with van der Waals surface area (Å²) in [6.45, 7) is 3.08. The monoisotopic (exact) mass is 306 g/mol. The van der Waals surface area contributed by atoms with Gasteiger partial charge >= 0.3 is 0 Å². The molecule has 3 rings (SSSR count). The highest BCUT2D eigenvalue weighted by Crippen LogP contribution is 2.27. The molecule has 2 fully saturated rings. The molecule has 0 bridgehead atoms. The van der Waals surface area contributed by atoms with Crippen LogP contribution in [0.1, 0.15) is 37.7 Å². The van der Waals surface area contributed by atoms with Crippen molar-refractivity contribution in [2.75, 3.05) is 13.1 Å². The molecule has 114 valence electrons. The van der Waals surface area contributed by atoms with E-state index in [-0.39, 0.29) is 5.91 Å². The van der Waals surface area contributed by atoms with E-state index < -0.39 is 0 Å². The van der Waals surface area contributed by atoms with Crippen molar-refractivity contribution in [1.82, 2.24) is 10.2 Å². The standard InChI is InChI=1S/C17H23ClN2O/c18-15-6-4-13(5-7-15)12-20-10-8-16(9-11-20)19-17(21)14-2-1-3-14/h4-7,14,16H,1-3,8-12H2,(H,19,21). The van der Waals surface area contributed by atoms with Crippen LogP contribution in [0.5, 0.6) is 0 Å². The average molecular weight is 307 g/mol. The second-order valence-electron chi connectivity index (χ2n) is 6.31. The summed E-state index contributed by atoms with van der Waals surface area (Å²) >= 11 is 5.91. The molecule has 1 heterocycles. The van der Waals surface area contributed by atoms with Crippen molar-refractivity contribution in [3.8, 4) is 0 Å². The third kappa shape index (κ3) is 3.98. The summed E-state index contributed by atoms with van der Waals surface area (Å²) in [6, 6.07) is 8.45. The Morgan fingerprint density at radius 1 is 1.14 bits per heavy atom. The predicted molar refractivity (Wildman–Crippen MR) is 85.2 cm³/mol. The summed E-state index contributed by atoms with van der Waals surface area (Å²) in [6.07, 6.45) is 5.51. The summed E-state index contributed by atoms with van der Waals surface area (Å²) in [5.41, 5.74) is 1.30. The molecule has 0 aromatic heterocycles. The molecular weight excluding hydrogens is 284 g/mol. The number of amides is 1. The first-order valence-corrected chi connectivity index (χ1v) is 8.36. The molecule has 2 aliphatic rings. The fourth-order valence-corrected chi connectivity index (χ4v) is 3.20. The lowest BCUT2D eigenvalue weighted by atomic mass is 9.84. The number of benzene rings is 1. The maximum atomic E-state index is 12.0. The van der Waals surface area contributed by atoms with Crippen LogP contribution >= 0.6 is 11.6 Å². The minimum absolute atomic E-state index is 0.289. The molecule has 1 aromatic carbocycles. The van der Waals surface area contributed by atoms with E-state index >= 15 is 0 Å². The Bertz CT molecular complexity index is 476. The molecule has 1 saturated heterocycles. The van der Waals surface area contributed by atoms with Crippen LogP contribution in [0, 0.1) is 5.92 Å². The van der Waals surface area contributed by atoms with Gasteiger partial charge in [-0.15, -0.1) is 0 Å².